The van der Waals surface area contributed by atoms with Gasteiger partial charge in [-0.05, 0) is 65.2 Å². The van der Waals surface area contributed by atoms with Gasteiger partial charge in [0, 0.05) is 42.1 Å². The SMILES string of the molecule is OC(c1ccncc1)c1c[nH]c(-c2ccc(F)cc2)c1-c1ccncc1. The second-order valence-electron chi connectivity index (χ2n) is 5.92. The molecule has 0 aliphatic heterocycles. The van der Waals surface area contributed by atoms with Crippen LogP contribution in [0.15, 0.2) is 79.5 Å². The first kappa shape index (κ1) is 16.2. The second kappa shape index (κ2) is 6.90. The topological polar surface area (TPSA) is 61.8 Å². The van der Waals surface area contributed by atoms with Crippen molar-refractivity contribution in [2.45, 2.75) is 6.10 Å². The van der Waals surface area contributed by atoms with Crippen molar-refractivity contribution in [1.29, 1.82) is 0 Å². The lowest BCUT2D eigenvalue weighted by molar-refractivity contribution is 0.221. The molecule has 0 saturated carbocycles. The molecule has 0 radical (unpaired) electrons. The van der Waals surface area contributed by atoms with Gasteiger partial charge in [-0.2, -0.15) is 0 Å². The molecule has 0 fully saturated rings. The molecule has 4 nitrogen and oxygen atoms in total. The van der Waals surface area contributed by atoms with Crippen LogP contribution in [0.25, 0.3) is 22.4 Å². The van der Waals surface area contributed by atoms with Gasteiger partial charge >= 0.3 is 0 Å². The van der Waals surface area contributed by atoms with E-state index in [0.717, 1.165) is 33.5 Å². The Labute approximate surface area is 150 Å². The summed E-state index contributed by atoms with van der Waals surface area (Å²) in [6.45, 7) is 0. The van der Waals surface area contributed by atoms with Crippen LogP contribution in [0.1, 0.15) is 17.2 Å². The van der Waals surface area contributed by atoms with E-state index >= 15 is 0 Å². The standard InChI is InChI=1S/C21H16FN3O/c22-17-3-1-15(2-4-17)20-19(14-5-9-23-10-6-14)18(13-25-20)21(26)16-7-11-24-12-8-16/h1-13,21,25-26H. The first-order chi connectivity index (χ1) is 12.7. The number of hydrogen-bond acceptors (Lipinski definition) is 3. The van der Waals surface area contributed by atoms with Crippen LogP contribution in [-0.2, 0) is 0 Å². The summed E-state index contributed by atoms with van der Waals surface area (Å²) in [5.41, 5.74) is 4.93. The van der Waals surface area contributed by atoms with E-state index in [-0.39, 0.29) is 5.82 Å². The van der Waals surface area contributed by atoms with Gasteiger partial charge in [0.05, 0.1) is 5.69 Å². The van der Waals surface area contributed by atoms with Gasteiger partial charge < -0.3 is 10.1 Å². The maximum atomic E-state index is 13.3. The number of pyridine rings is 2. The summed E-state index contributed by atoms with van der Waals surface area (Å²) < 4.78 is 13.3. The average Bonchev–Trinajstić information content (AvgIpc) is 3.14. The number of rotatable bonds is 4. The number of aromatic amines is 1. The van der Waals surface area contributed by atoms with E-state index in [2.05, 4.69) is 15.0 Å². The summed E-state index contributed by atoms with van der Waals surface area (Å²) in [6.07, 6.45) is 7.70. The molecule has 2 N–H and O–H groups in total. The molecule has 0 spiro atoms. The number of benzene rings is 1. The number of H-pyrrole nitrogens is 1. The van der Waals surface area contributed by atoms with E-state index in [1.165, 1.54) is 12.1 Å². The van der Waals surface area contributed by atoms with Crippen molar-refractivity contribution in [2.24, 2.45) is 0 Å². The monoisotopic (exact) mass is 345 g/mol. The maximum Gasteiger partial charge on any atom is 0.123 e. The molecule has 26 heavy (non-hydrogen) atoms. The van der Waals surface area contributed by atoms with Crippen LogP contribution in [0, 0.1) is 5.82 Å². The highest BCUT2D eigenvalue weighted by molar-refractivity contribution is 5.84. The Morgan fingerprint density at radius 2 is 1.42 bits per heavy atom. The van der Waals surface area contributed by atoms with Gasteiger partial charge in [-0.3, -0.25) is 9.97 Å². The van der Waals surface area contributed by atoms with Gasteiger partial charge in [-0.25, -0.2) is 4.39 Å². The summed E-state index contributed by atoms with van der Waals surface area (Å²) in [5.74, 6) is -0.289. The molecule has 0 saturated heterocycles. The van der Waals surface area contributed by atoms with Gasteiger partial charge in [0.25, 0.3) is 0 Å². The van der Waals surface area contributed by atoms with Gasteiger partial charge in [0.2, 0.25) is 0 Å². The largest absolute Gasteiger partial charge is 0.384 e. The third-order valence-corrected chi connectivity index (χ3v) is 4.33. The van der Waals surface area contributed by atoms with E-state index in [1.54, 1.807) is 55.2 Å². The van der Waals surface area contributed by atoms with E-state index in [4.69, 9.17) is 0 Å². The van der Waals surface area contributed by atoms with Crippen molar-refractivity contribution in [3.05, 3.63) is 96.5 Å². The summed E-state index contributed by atoms with van der Waals surface area (Å²) in [5, 5.41) is 10.9. The number of aromatic nitrogens is 3. The van der Waals surface area contributed by atoms with Crippen molar-refractivity contribution in [1.82, 2.24) is 15.0 Å². The molecule has 128 valence electrons. The molecule has 3 heterocycles. The fourth-order valence-electron chi connectivity index (χ4n) is 3.05. The maximum absolute atomic E-state index is 13.3. The van der Waals surface area contributed by atoms with Crippen LogP contribution >= 0.6 is 0 Å². The Morgan fingerprint density at radius 3 is 2.08 bits per heavy atom. The quantitative estimate of drug-likeness (QED) is 0.578. The number of halogens is 1. The molecule has 1 unspecified atom stereocenters. The molecule has 0 amide bonds. The molecule has 1 aromatic carbocycles. The molecular weight excluding hydrogens is 329 g/mol. The Morgan fingerprint density at radius 1 is 0.808 bits per heavy atom. The summed E-state index contributed by atoms with van der Waals surface area (Å²) >= 11 is 0. The third-order valence-electron chi connectivity index (χ3n) is 4.33. The minimum Gasteiger partial charge on any atom is -0.384 e. The first-order valence-electron chi connectivity index (χ1n) is 8.19. The average molecular weight is 345 g/mol. The van der Waals surface area contributed by atoms with Crippen molar-refractivity contribution >= 4 is 0 Å². The second-order valence-corrected chi connectivity index (χ2v) is 5.92. The fraction of sp³-hybridized carbons (Fsp3) is 0.0476. The van der Waals surface area contributed by atoms with Crippen LogP contribution in [-0.4, -0.2) is 20.1 Å². The number of hydrogen-bond donors (Lipinski definition) is 2. The molecule has 0 bridgehead atoms. The first-order valence-corrected chi connectivity index (χ1v) is 8.19. The number of nitrogens with one attached hydrogen (secondary N) is 1. The van der Waals surface area contributed by atoms with Crippen LogP contribution in [0.2, 0.25) is 0 Å². The van der Waals surface area contributed by atoms with Crippen molar-refractivity contribution in [2.75, 3.05) is 0 Å². The normalized spacial score (nSPS) is 12.1. The Hall–Kier alpha value is -3.31. The molecular formula is C21H16FN3O. The predicted octanol–water partition coefficient (Wildman–Crippen LogP) is 4.36. The van der Waals surface area contributed by atoms with Crippen molar-refractivity contribution in [3.8, 4) is 22.4 Å². The minimum atomic E-state index is -0.813. The van der Waals surface area contributed by atoms with E-state index < -0.39 is 6.10 Å². The van der Waals surface area contributed by atoms with Crippen molar-refractivity contribution in [3.63, 3.8) is 0 Å². The lowest BCUT2D eigenvalue weighted by Crippen LogP contribution is -2.00. The smallest absolute Gasteiger partial charge is 0.123 e. The summed E-state index contributed by atoms with van der Waals surface area (Å²) in [7, 11) is 0. The van der Waals surface area contributed by atoms with Crippen LogP contribution in [0.5, 0.6) is 0 Å². The molecule has 3 aromatic heterocycles. The summed E-state index contributed by atoms with van der Waals surface area (Å²) in [6, 6.07) is 13.6. The van der Waals surface area contributed by atoms with Gasteiger partial charge in [-0.15, -0.1) is 0 Å². The molecule has 0 aliphatic rings. The van der Waals surface area contributed by atoms with Gasteiger partial charge in [0.1, 0.15) is 11.9 Å². The van der Waals surface area contributed by atoms with E-state index in [0.29, 0.717) is 0 Å². The van der Waals surface area contributed by atoms with Gasteiger partial charge in [-0.1, -0.05) is 0 Å². The highest BCUT2D eigenvalue weighted by Crippen LogP contribution is 2.38. The lowest BCUT2D eigenvalue weighted by atomic mass is 9.94. The highest BCUT2D eigenvalue weighted by Gasteiger charge is 2.21. The van der Waals surface area contributed by atoms with Crippen LogP contribution < -0.4 is 0 Å². The molecule has 4 rings (SSSR count). The van der Waals surface area contributed by atoms with Crippen molar-refractivity contribution < 1.29 is 9.50 Å². The number of aliphatic hydroxyl groups is 1. The fourth-order valence-corrected chi connectivity index (χ4v) is 3.05. The molecule has 5 heteroatoms. The Bertz CT molecular complexity index is 999. The Balaban J connectivity index is 1.89. The van der Waals surface area contributed by atoms with Gasteiger partial charge in [0.15, 0.2) is 0 Å². The zero-order valence-corrected chi connectivity index (χ0v) is 13.8. The highest BCUT2D eigenvalue weighted by atomic mass is 19.1. The van der Waals surface area contributed by atoms with Crippen LogP contribution in [0.3, 0.4) is 0 Å². The third kappa shape index (κ3) is 3.00. The lowest BCUT2D eigenvalue weighted by Gasteiger charge is -2.14. The van der Waals surface area contributed by atoms with Crippen LogP contribution in [0.4, 0.5) is 4.39 Å². The molecule has 0 aliphatic carbocycles. The number of aliphatic hydroxyl groups excluding tert-OH is 1. The summed E-state index contributed by atoms with van der Waals surface area (Å²) in [4.78, 5) is 11.3. The van der Waals surface area contributed by atoms with E-state index in [9.17, 15) is 9.50 Å². The Kier molecular flexibility index (Phi) is 4.29. The predicted molar refractivity (Wildman–Crippen MR) is 97.7 cm³/mol. The minimum absolute atomic E-state index is 0.289. The molecule has 1 atom stereocenters. The zero-order chi connectivity index (χ0) is 17.9. The van der Waals surface area contributed by atoms with E-state index in [1.807, 2.05) is 12.1 Å². The zero-order valence-electron chi connectivity index (χ0n) is 13.8. The number of nitrogens with zero attached hydrogens (tertiary/aromatic N) is 2. The molecule has 4 aromatic rings.